The minimum atomic E-state index is -0.0841. The van der Waals surface area contributed by atoms with Crippen LogP contribution in [0.3, 0.4) is 0 Å². The van der Waals surface area contributed by atoms with Crippen LogP contribution in [0.2, 0.25) is 0 Å². The molecule has 6 nitrogen and oxygen atoms in total. The summed E-state index contributed by atoms with van der Waals surface area (Å²) >= 11 is 0. The lowest BCUT2D eigenvalue weighted by Gasteiger charge is -2.17. The minimum absolute atomic E-state index is 0.00393. The number of ether oxygens (including phenoxy) is 2. The summed E-state index contributed by atoms with van der Waals surface area (Å²) in [5, 5.41) is 6.02. The van der Waals surface area contributed by atoms with Crippen molar-refractivity contribution in [3.8, 4) is 11.5 Å². The van der Waals surface area contributed by atoms with E-state index in [1.54, 1.807) is 12.3 Å². The van der Waals surface area contributed by atoms with E-state index in [2.05, 4.69) is 10.6 Å². The van der Waals surface area contributed by atoms with Crippen LogP contribution in [0.25, 0.3) is 0 Å². The largest absolute Gasteiger partial charge is 0.490 e. The number of furan rings is 1. The van der Waals surface area contributed by atoms with Crippen molar-refractivity contribution < 1.29 is 18.7 Å². The molecule has 25 heavy (non-hydrogen) atoms. The summed E-state index contributed by atoms with van der Waals surface area (Å²) in [6, 6.07) is 9.46. The summed E-state index contributed by atoms with van der Waals surface area (Å²) in [6.45, 7) is 7.65. The van der Waals surface area contributed by atoms with Gasteiger partial charge in [-0.05, 0) is 50.6 Å². The fraction of sp³-hybridized carbons (Fsp3) is 0.421. The maximum Gasteiger partial charge on any atom is 0.234 e. The van der Waals surface area contributed by atoms with Gasteiger partial charge < -0.3 is 24.5 Å². The zero-order valence-electron chi connectivity index (χ0n) is 15.0. The van der Waals surface area contributed by atoms with Crippen LogP contribution in [-0.2, 0) is 11.3 Å². The van der Waals surface area contributed by atoms with Crippen LogP contribution in [0, 0.1) is 0 Å². The van der Waals surface area contributed by atoms with Crippen LogP contribution in [0.1, 0.15) is 38.1 Å². The lowest BCUT2D eigenvalue weighted by molar-refractivity contribution is -0.120. The second-order valence-electron chi connectivity index (χ2n) is 5.53. The number of carbonyl (C=O) groups excluding carboxylic acids is 1. The molecule has 1 atom stereocenters. The van der Waals surface area contributed by atoms with Gasteiger partial charge >= 0.3 is 0 Å². The predicted molar refractivity (Wildman–Crippen MR) is 95.8 cm³/mol. The second-order valence-corrected chi connectivity index (χ2v) is 5.53. The molecule has 2 rings (SSSR count). The van der Waals surface area contributed by atoms with Crippen LogP contribution in [-0.4, -0.2) is 25.7 Å². The molecule has 0 spiro atoms. The van der Waals surface area contributed by atoms with Crippen molar-refractivity contribution in [2.45, 2.75) is 33.4 Å². The number of hydrogen-bond donors (Lipinski definition) is 2. The highest BCUT2D eigenvalue weighted by Gasteiger charge is 2.12. The van der Waals surface area contributed by atoms with Crippen LogP contribution < -0.4 is 20.1 Å². The Balaban J connectivity index is 1.87. The average Bonchev–Trinajstić information content (AvgIpc) is 3.13. The van der Waals surface area contributed by atoms with Gasteiger partial charge in [0.2, 0.25) is 5.91 Å². The molecule has 1 unspecified atom stereocenters. The summed E-state index contributed by atoms with van der Waals surface area (Å²) in [4.78, 5) is 11.9. The summed E-state index contributed by atoms with van der Waals surface area (Å²) in [5.74, 6) is 2.10. The van der Waals surface area contributed by atoms with Crippen molar-refractivity contribution in [3.63, 3.8) is 0 Å². The molecule has 0 aliphatic heterocycles. The van der Waals surface area contributed by atoms with Gasteiger partial charge in [-0.1, -0.05) is 6.07 Å². The standard InChI is InChI=1S/C19H26N2O4/c1-4-23-17-9-8-15(11-18(17)24-5-2)14(3)20-13-19(22)21-12-16-7-6-10-25-16/h6-11,14,20H,4-5,12-13H2,1-3H3,(H,21,22). The maximum absolute atomic E-state index is 11.9. The molecule has 1 amide bonds. The highest BCUT2D eigenvalue weighted by Crippen LogP contribution is 2.30. The summed E-state index contributed by atoms with van der Waals surface area (Å²) in [7, 11) is 0. The van der Waals surface area contributed by atoms with Crippen LogP contribution in [0.5, 0.6) is 11.5 Å². The summed E-state index contributed by atoms with van der Waals surface area (Å²) in [6.07, 6.45) is 1.59. The van der Waals surface area contributed by atoms with E-state index in [-0.39, 0.29) is 18.5 Å². The molecule has 6 heteroatoms. The monoisotopic (exact) mass is 346 g/mol. The van der Waals surface area contributed by atoms with E-state index in [9.17, 15) is 4.79 Å². The van der Waals surface area contributed by atoms with Gasteiger partial charge in [-0.3, -0.25) is 4.79 Å². The Morgan fingerprint density at radius 3 is 2.60 bits per heavy atom. The number of nitrogens with one attached hydrogen (secondary N) is 2. The van der Waals surface area contributed by atoms with Gasteiger partial charge in [-0.2, -0.15) is 0 Å². The molecule has 0 aliphatic rings. The molecule has 0 bridgehead atoms. The second kappa shape index (κ2) is 9.74. The molecule has 0 saturated heterocycles. The zero-order valence-corrected chi connectivity index (χ0v) is 15.0. The molecule has 1 aromatic heterocycles. The Morgan fingerprint density at radius 1 is 1.16 bits per heavy atom. The predicted octanol–water partition coefficient (Wildman–Crippen LogP) is 3.04. The van der Waals surface area contributed by atoms with E-state index in [1.165, 1.54) is 0 Å². The maximum atomic E-state index is 11.9. The Labute approximate surface area is 148 Å². The Bertz CT molecular complexity index is 655. The SMILES string of the molecule is CCOc1ccc(C(C)NCC(=O)NCc2ccco2)cc1OCC. The average molecular weight is 346 g/mol. The third-order valence-electron chi connectivity index (χ3n) is 3.68. The first kappa shape index (κ1) is 18.9. The van der Waals surface area contributed by atoms with Gasteiger partial charge in [0.15, 0.2) is 11.5 Å². The van der Waals surface area contributed by atoms with Crippen molar-refractivity contribution in [2.24, 2.45) is 0 Å². The smallest absolute Gasteiger partial charge is 0.234 e. The highest BCUT2D eigenvalue weighted by atomic mass is 16.5. The van der Waals surface area contributed by atoms with E-state index in [0.29, 0.717) is 19.8 Å². The van der Waals surface area contributed by atoms with Gasteiger partial charge in [-0.25, -0.2) is 0 Å². The summed E-state index contributed by atoms with van der Waals surface area (Å²) < 4.78 is 16.4. The molecular weight excluding hydrogens is 320 g/mol. The third kappa shape index (κ3) is 5.83. The van der Waals surface area contributed by atoms with E-state index < -0.39 is 0 Å². The minimum Gasteiger partial charge on any atom is -0.490 e. The Kier molecular flexibility index (Phi) is 7.35. The van der Waals surface area contributed by atoms with E-state index in [4.69, 9.17) is 13.9 Å². The van der Waals surface area contributed by atoms with Crippen molar-refractivity contribution in [1.82, 2.24) is 10.6 Å². The van der Waals surface area contributed by atoms with Crippen LogP contribution >= 0.6 is 0 Å². The van der Waals surface area contributed by atoms with E-state index in [0.717, 1.165) is 22.8 Å². The quantitative estimate of drug-likeness (QED) is 0.692. The molecule has 2 N–H and O–H groups in total. The Morgan fingerprint density at radius 2 is 1.92 bits per heavy atom. The molecule has 2 aromatic rings. The molecule has 1 heterocycles. The van der Waals surface area contributed by atoms with Gasteiger partial charge in [0.05, 0.1) is 32.6 Å². The van der Waals surface area contributed by atoms with Gasteiger partial charge in [0.25, 0.3) is 0 Å². The Hall–Kier alpha value is -2.47. The van der Waals surface area contributed by atoms with E-state index in [1.807, 2.05) is 45.0 Å². The number of hydrogen-bond acceptors (Lipinski definition) is 5. The first-order valence-corrected chi connectivity index (χ1v) is 8.56. The molecule has 0 aliphatic carbocycles. The molecule has 0 fully saturated rings. The molecule has 0 saturated carbocycles. The van der Waals surface area contributed by atoms with E-state index >= 15 is 0 Å². The normalized spacial score (nSPS) is 11.8. The van der Waals surface area contributed by atoms with Crippen molar-refractivity contribution in [1.29, 1.82) is 0 Å². The lowest BCUT2D eigenvalue weighted by Crippen LogP contribution is -2.34. The third-order valence-corrected chi connectivity index (χ3v) is 3.68. The first-order chi connectivity index (χ1) is 12.1. The number of amides is 1. The topological polar surface area (TPSA) is 72.7 Å². The molecule has 1 aromatic carbocycles. The summed E-state index contributed by atoms with van der Waals surface area (Å²) in [5.41, 5.74) is 1.03. The number of benzene rings is 1. The number of carbonyl (C=O) groups is 1. The zero-order chi connectivity index (χ0) is 18.1. The van der Waals surface area contributed by atoms with Crippen molar-refractivity contribution in [3.05, 3.63) is 47.9 Å². The molecule has 0 radical (unpaired) electrons. The number of rotatable bonds is 10. The van der Waals surface area contributed by atoms with Crippen LogP contribution in [0.4, 0.5) is 0 Å². The van der Waals surface area contributed by atoms with Crippen LogP contribution in [0.15, 0.2) is 41.0 Å². The van der Waals surface area contributed by atoms with Gasteiger partial charge in [-0.15, -0.1) is 0 Å². The highest BCUT2D eigenvalue weighted by molar-refractivity contribution is 5.77. The molecular formula is C19H26N2O4. The first-order valence-electron chi connectivity index (χ1n) is 8.56. The van der Waals surface area contributed by atoms with Crippen molar-refractivity contribution >= 4 is 5.91 Å². The van der Waals surface area contributed by atoms with Gasteiger partial charge in [0.1, 0.15) is 5.76 Å². The lowest BCUT2D eigenvalue weighted by atomic mass is 10.1. The fourth-order valence-corrected chi connectivity index (χ4v) is 2.36. The van der Waals surface area contributed by atoms with Crippen molar-refractivity contribution in [2.75, 3.05) is 19.8 Å². The molecule has 136 valence electrons. The van der Waals surface area contributed by atoms with Gasteiger partial charge in [0, 0.05) is 6.04 Å². The fourth-order valence-electron chi connectivity index (χ4n) is 2.36.